The molecule has 12 nitrogen and oxygen atoms in total. The summed E-state index contributed by atoms with van der Waals surface area (Å²) < 4.78 is 3.19. The molecule has 1 saturated carbocycles. The summed E-state index contributed by atoms with van der Waals surface area (Å²) in [5, 5.41) is 32.2. The zero-order chi connectivity index (χ0) is 29.4. The minimum absolute atomic E-state index is 0.0902. The van der Waals surface area contributed by atoms with E-state index in [2.05, 4.69) is 31.3 Å². The molecule has 0 spiro atoms. The van der Waals surface area contributed by atoms with E-state index in [0.717, 1.165) is 10.9 Å². The first-order valence-electron chi connectivity index (χ1n) is 12.8. The second kappa shape index (κ2) is 10.6. The fourth-order valence-electron chi connectivity index (χ4n) is 5.04. The molecule has 1 fully saturated rings. The lowest BCUT2D eigenvalue weighted by molar-refractivity contribution is -0.124. The van der Waals surface area contributed by atoms with Gasteiger partial charge in [0, 0.05) is 40.7 Å². The molecule has 1 unspecified atom stereocenters. The Hall–Kier alpha value is -5.36. The molecule has 2 amide bonds. The summed E-state index contributed by atoms with van der Waals surface area (Å²) in [7, 11) is 1.83. The molecule has 210 valence electrons. The van der Waals surface area contributed by atoms with E-state index in [1.165, 1.54) is 41.4 Å². The van der Waals surface area contributed by atoms with E-state index in [4.69, 9.17) is 11.6 Å². The Morgan fingerprint density at radius 3 is 2.62 bits per heavy atom. The van der Waals surface area contributed by atoms with E-state index in [-0.39, 0.29) is 5.56 Å². The van der Waals surface area contributed by atoms with Crippen LogP contribution in [-0.4, -0.2) is 58.4 Å². The number of nitrogens with one attached hydrogen (secondary N) is 2. The normalized spacial score (nSPS) is 17.8. The second-order valence-electron chi connectivity index (χ2n) is 9.87. The number of rotatable bonds is 8. The lowest BCUT2D eigenvalue weighted by atomic mass is 10.1. The molecule has 0 aliphatic heterocycles. The molecule has 42 heavy (non-hydrogen) atoms. The van der Waals surface area contributed by atoms with Gasteiger partial charge in [0.15, 0.2) is 0 Å². The molecule has 3 N–H and O–H groups in total. The summed E-state index contributed by atoms with van der Waals surface area (Å²) in [6, 6.07) is 18.6. The number of carbonyl (C=O) groups excluding carboxylic acids is 2. The molecule has 6 rings (SSSR count). The quantitative estimate of drug-likeness (QED) is 0.234. The van der Waals surface area contributed by atoms with Gasteiger partial charge in [-0.1, -0.05) is 29.8 Å². The highest BCUT2D eigenvalue weighted by Crippen LogP contribution is 2.53. The Balaban J connectivity index is 1.30. The fraction of sp³-hybridized carbons (Fsp3) is 0.138. The van der Waals surface area contributed by atoms with Crippen LogP contribution in [0.1, 0.15) is 34.0 Å². The maximum Gasteiger partial charge on any atom is 0.335 e. The van der Waals surface area contributed by atoms with Gasteiger partial charge in [-0.05, 0) is 71.5 Å². The van der Waals surface area contributed by atoms with Crippen molar-refractivity contribution in [3.63, 3.8) is 0 Å². The number of tetrazole rings is 1. The molecule has 0 radical (unpaired) electrons. The van der Waals surface area contributed by atoms with E-state index >= 15 is 0 Å². The SMILES string of the molecule is Cn1nc([C@@H]2CC2(NC(=O)/C=C/c2cc(Cl)ccc2-n2cnnn2)C(=O)Nc2ccc(C(=O)O)cc2)c2ccccc21. The predicted octanol–water partition coefficient (Wildman–Crippen LogP) is 3.60. The van der Waals surface area contributed by atoms with Gasteiger partial charge >= 0.3 is 5.97 Å². The van der Waals surface area contributed by atoms with E-state index in [9.17, 15) is 19.5 Å². The highest BCUT2D eigenvalue weighted by molar-refractivity contribution is 6.30. The van der Waals surface area contributed by atoms with Crippen molar-refractivity contribution in [2.45, 2.75) is 17.9 Å². The number of carboxylic acids is 1. The summed E-state index contributed by atoms with van der Waals surface area (Å²) in [6.45, 7) is 0. The van der Waals surface area contributed by atoms with E-state index in [0.29, 0.717) is 34.1 Å². The van der Waals surface area contributed by atoms with Gasteiger partial charge < -0.3 is 15.7 Å². The highest BCUT2D eigenvalue weighted by atomic mass is 35.5. The van der Waals surface area contributed by atoms with Crippen molar-refractivity contribution in [1.82, 2.24) is 35.3 Å². The first kappa shape index (κ1) is 26.8. The largest absolute Gasteiger partial charge is 0.478 e. The van der Waals surface area contributed by atoms with Gasteiger partial charge in [0.2, 0.25) is 5.91 Å². The molecular formula is C29H23ClN8O4. The topological polar surface area (TPSA) is 157 Å². The van der Waals surface area contributed by atoms with Crippen LogP contribution in [-0.2, 0) is 16.6 Å². The third-order valence-corrected chi connectivity index (χ3v) is 7.45. The standard InChI is InChI=1S/C29H23ClN8O4/c1-37-24-5-3-2-4-21(24)26(34-37)22-15-29(22,28(42)32-20-10-6-17(7-11-20)27(40)41)33-25(39)13-8-18-14-19(30)9-12-23(18)38-16-31-35-36-38/h2-14,16,22H,15H2,1H3,(H,32,42)(H,33,39)(H,40,41)/b13-8+/t22-,29?/m0/s1. The molecule has 0 saturated heterocycles. The number of anilines is 1. The van der Waals surface area contributed by atoms with Crippen LogP contribution in [0.2, 0.25) is 5.02 Å². The molecule has 0 bridgehead atoms. The Morgan fingerprint density at radius 2 is 1.88 bits per heavy atom. The van der Waals surface area contributed by atoms with Crippen LogP contribution in [0.15, 0.2) is 79.1 Å². The number of carboxylic acid groups (broad SMARTS) is 1. The number of benzene rings is 3. The maximum absolute atomic E-state index is 13.8. The third kappa shape index (κ3) is 4.99. The van der Waals surface area contributed by atoms with Crippen molar-refractivity contribution in [3.8, 4) is 5.69 Å². The Bertz CT molecular complexity index is 1870. The first-order valence-corrected chi connectivity index (χ1v) is 13.2. The number of hydrogen-bond donors (Lipinski definition) is 3. The minimum atomic E-state index is -1.29. The van der Waals surface area contributed by atoms with Gasteiger partial charge in [0.05, 0.1) is 22.5 Å². The average Bonchev–Trinajstić information content (AvgIpc) is 3.28. The van der Waals surface area contributed by atoms with Gasteiger partial charge in [-0.2, -0.15) is 9.78 Å². The van der Waals surface area contributed by atoms with E-state index in [1.807, 2.05) is 31.3 Å². The van der Waals surface area contributed by atoms with Gasteiger partial charge in [-0.15, -0.1) is 5.10 Å². The number of hydrogen-bond acceptors (Lipinski definition) is 7. The molecule has 13 heteroatoms. The highest BCUT2D eigenvalue weighted by Gasteiger charge is 2.63. The number of aromatic carboxylic acids is 1. The maximum atomic E-state index is 13.8. The van der Waals surface area contributed by atoms with Crippen molar-refractivity contribution in [2.24, 2.45) is 7.05 Å². The van der Waals surface area contributed by atoms with Crippen molar-refractivity contribution < 1.29 is 19.5 Å². The van der Waals surface area contributed by atoms with Gasteiger partial charge in [-0.25, -0.2) is 4.79 Å². The predicted molar refractivity (Wildman–Crippen MR) is 154 cm³/mol. The van der Waals surface area contributed by atoms with Crippen LogP contribution in [0.25, 0.3) is 22.7 Å². The second-order valence-corrected chi connectivity index (χ2v) is 10.3. The average molecular weight is 583 g/mol. The number of aryl methyl sites for hydroxylation is 1. The number of nitrogens with zero attached hydrogens (tertiary/aromatic N) is 6. The number of fused-ring (bicyclic) bond motifs is 1. The Labute approximate surface area is 243 Å². The monoisotopic (exact) mass is 582 g/mol. The third-order valence-electron chi connectivity index (χ3n) is 7.22. The Kier molecular flexibility index (Phi) is 6.75. The molecule has 2 atom stereocenters. The summed E-state index contributed by atoms with van der Waals surface area (Å²) in [5.74, 6) is -2.42. The summed E-state index contributed by atoms with van der Waals surface area (Å²) in [6.07, 6.45) is 4.64. The summed E-state index contributed by atoms with van der Waals surface area (Å²) in [4.78, 5) is 38.3. The number of amides is 2. The molecule has 3 aromatic carbocycles. The number of aromatic nitrogens is 6. The molecular weight excluding hydrogens is 560 g/mol. The minimum Gasteiger partial charge on any atom is -0.478 e. The molecule has 2 aromatic heterocycles. The van der Waals surface area contributed by atoms with Crippen LogP contribution in [0.4, 0.5) is 5.69 Å². The van der Waals surface area contributed by atoms with Gasteiger partial charge in [-0.3, -0.25) is 14.3 Å². The smallest absolute Gasteiger partial charge is 0.335 e. The summed E-state index contributed by atoms with van der Waals surface area (Å²) >= 11 is 6.20. The molecule has 5 aromatic rings. The van der Waals surface area contributed by atoms with Gasteiger partial charge in [0.1, 0.15) is 11.9 Å². The summed E-state index contributed by atoms with van der Waals surface area (Å²) in [5.41, 5.74) is 1.99. The van der Waals surface area contributed by atoms with Crippen LogP contribution in [0, 0.1) is 0 Å². The van der Waals surface area contributed by atoms with Crippen LogP contribution < -0.4 is 10.6 Å². The first-order chi connectivity index (χ1) is 20.2. The van der Waals surface area contributed by atoms with Crippen molar-refractivity contribution in [3.05, 3.63) is 101 Å². The van der Waals surface area contributed by atoms with E-state index < -0.39 is 29.2 Å². The molecule has 2 heterocycles. The van der Waals surface area contributed by atoms with E-state index in [1.54, 1.807) is 29.0 Å². The lowest BCUT2D eigenvalue weighted by Crippen LogP contribution is -2.47. The van der Waals surface area contributed by atoms with Crippen LogP contribution in [0.3, 0.4) is 0 Å². The fourth-order valence-corrected chi connectivity index (χ4v) is 5.22. The van der Waals surface area contributed by atoms with Crippen molar-refractivity contribution in [2.75, 3.05) is 5.32 Å². The molecule has 1 aliphatic rings. The van der Waals surface area contributed by atoms with Gasteiger partial charge in [0.25, 0.3) is 5.91 Å². The zero-order valence-corrected chi connectivity index (χ0v) is 22.9. The van der Waals surface area contributed by atoms with Crippen LogP contribution >= 0.6 is 11.6 Å². The zero-order valence-electron chi connectivity index (χ0n) is 22.1. The Morgan fingerprint density at radius 1 is 1.10 bits per heavy atom. The van der Waals surface area contributed by atoms with Crippen molar-refractivity contribution in [1.29, 1.82) is 0 Å². The van der Waals surface area contributed by atoms with Crippen molar-refractivity contribution >= 4 is 52.1 Å². The molecule has 1 aliphatic carbocycles. The van der Waals surface area contributed by atoms with Crippen LogP contribution in [0.5, 0.6) is 0 Å². The lowest BCUT2D eigenvalue weighted by Gasteiger charge is -2.18. The number of halogens is 1. The number of para-hydroxylation sites is 1. The number of carbonyl (C=O) groups is 3.